The Bertz CT molecular complexity index is 176. The van der Waals surface area contributed by atoms with Gasteiger partial charge in [-0.1, -0.05) is 18.0 Å². The highest BCUT2D eigenvalue weighted by Crippen LogP contribution is 2.24. The Morgan fingerprint density at radius 3 is 2.69 bits per heavy atom. The van der Waals surface area contributed by atoms with Crippen LogP contribution in [0.1, 0.15) is 25.7 Å². The lowest BCUT2D eigenvalue weighted by Gasteiger charge is -2.19. The van der Waals surface area contributed by atoms with Gasteiger partial charge in [0.1, 0.15) is 0 Å². The SMILES string of the molecule is CN(CC(N)=NO)CC1CCCC1. The minimum absolute atomic E-state index is 0.292. The highest BCUT2D eigenvalue weighted by molar-refractivity contribution is 5.81. The van der Waals surface area contributed by atoms with Gasteiger partial charge in [-0.15, -0.1) is 0 Å². The smallest absolute Gasteiger partial charge is 0.153 e. The van der Waals surface area contributed by atoms with Gasteiger partial charge in [-0.25, -0.2) is 0 Å². The third kappa shape index (κ3) is 3.63. The van der Waals surface area contributed by atoms with Gasteiger partial charge in [0.25, 0.3) is 0 Å². The number of nitrogens with two attached hydrogens (primary N) is 1. The van der Waals surface area contributed by atoms with Crippen LogP contribution >= 0.6 is 0 Å². The monoisotopic (exact) mass is 185 g/mol. The summed E-state index contributed by atoms with van der Waals surface area (Å²) in [5, 5.41) is 11.3. The fourth-order valence-electron chi connectivity index (χ4n) is 2.01. The van der Waals surface area contributed by atoms with Crippen LogP contribution in [0.3, 0.4) is 0 Å². The molecular weight excluding hydrogens is 166 g/mol. The molecule has 13 heavy (non-hydrogen) atoms. The predicted molar refractivity (Wildman–Crippen MR) is 52.9 cm³/mol. The molecule has 1 fully saturated rings. The van der Waals surface area contributed by atoms with E-state index in [1.165, 1.54) is 25.7 Å². The summed E-state index contributed by atoms with van der Waals surface area (Å²) >= 11 is 0. The first-order valence-corrected chi connectivity index (χ1v) is 4.87. The summed E-state index contributed by atoms with van der Waals surface area (Å²) in [5.41, 5.74) is 5.41. The lowest BCUT2D eigenvalue weighted by Crippen LogP contribution is -2.33. The molecule has 0 heterocycles. The third-order valence-corrected chi connectivity index (χ3v) is 2.60. The van der Waals surface area contributed by atoms with E-state index in [1.54, 1.807) is 0 Å². The van der Waals surface area contributed by atoms with Crippen LogP contribution in [0.15, 0.2) is 5.16 Å². The van der Waals surface area contributed by atoms with Crippen molar-refractivity contribution >= 4 is 5.84 Å². The Morgan fingerprint density at radius 2 is 2.15 bits per heavy atom. The molecule has 1 aliphatic rings. The van der Waals surface area contributed by atoms with Crippen molar-refractivity contribution in [2.75, 3.05) is 20.1 Å². The maximum atomic E-state index is 8.38. The molecule has 0 unspecified atom stereocenters. The number of likely N-dealkylation sites (N-methyl/N-ethyl adjacent to an activating group) is 1. The first-order valence-electron chi connectivity index (χ1n) is 4.87. The maximum absolute atomic E-state index is 8.38. The first-order chi connectivity index (χ1) is 6.22. The summed E-state index contributed by atoms with van der Waals surface area (Å²) in [7, 11) is 2.01. The number of hydrogen-bond acceptors (Lipinski definition) is 3. The first kappa shape index (κ1) is 10.3. The molecule has 1 rings (SSSR count). The van der Waals surface area contributed by atoms with Gasteiger partial charge in [-0.05, 0) is 25.8 Å². The molecule has 4 nitrogen and oxygen atoms in total. The molecule has 0 aromatic carbocycles. The Labute approximate surface area is 79.4 Å². The predicted octanol–water partition coefficient (Wildman–Crippen LogP) is 0.855. The molecule has 0 amide bonds. The van der Waals surface area contributed by atoms with Crippen LogP contribution < -0.4 is 5.73 Å². The molecular formula is C9H19N3O. The van der Waals surface area contributed by atoms with Gasteiger partial charge < -0.3 is 10.9 Å². The molecule has 0 radical (unpaired) electrons. The zero-order chi connectivity index (χ0) is 9.68. The van der Waals surface area contributed by atoms with Crippen molar-refractivity contribution < 1.29 is 5.21 Å². The number of rotatable bonds is 4. The number of amidine groups is 1. The Balaban J connectivity index is 2.20. The van der Waals surface area contributed by atoms with E-state index in [0.717, 1.165) is 12.5 Å². The zero-order valence-corrected chi connectivity index (χ0v) is 8.24. The van der Waals surface area contributed by atoms with Gasteiger partial charge in [-0.3, -0.25) is 4.90 Å². The summed E-state index contributed by atoms with van der Waals surface area (Å²) in [6.45, 7) is 1.63. The number of hydrogen-bond donors (Lipinski definition) is 2. The quantitative estimate of drug-likeness (QED) is 0.295. The second-order valence-corrected chi connectivity index (χ2v) is 3.94. The van der Waals surface area contributed by atoms with Crippen molar-refractivity contribution in [3.8, 4) is 0 Å². The van der Waals surface area contributed by atoms with E-state index in [2.05, 4.69) is 10.1 Å². The highest BCUT2D eigenvalue weighted by atomic mass is 16.4. The Hall–Kier alpha value is -0.770. The van der Waals surface area contributed by atoms with Crippen molar-refractivity contribution in [1.82, 2.24) is 4.90 Å². The summed E-state index contributed by atoms with van der Waals surface area (Å²) in [4.78, 5) is 2.12. The normalized spacial score (nSPS) is 20.0. The van der Waals surface area contributed by atoms with Crippen LogP contribution in [0.25, 0.3) is 0 Å². The zero-order valence-electron chi connectivity index (χ0n) is 8.24. The molecule has 0 aromatic heterocycles. The van der Waals surface area contributed by atoms with Crippen molar-refractivity contribution in [2.45, 2.75) is 25.7 Å². The topological polar surface area (TPSA) is 61.8 Å². The third-order valence-electron chi connectivity index (χ3n) is 2.60. The fourth-order valence-corrected chi connectivity index (χ4v) is 2.01. The molecule has 3 N–H and O–H groups in total. The van der Waals surface area contributed by atoms with Gasteiger partial charge in [0.2, 0.25) is 0 Å². The summed E-state index contributed by atoms with van der Waals surface area (Å²) in [6.07, 6.45) is 5.39. The van der Waals surface area contributed by atoms with Crippen LogP contribution in [-0.4, -0.2) is 36.1 Å². The van der Waals surface area contributed by atoms with Crippen LogP contribution in [0.5, 0.6) is 0 Å². The van der Waals surface area contributed by atoms with Crippen molar-refractivity contribution in [2.24, 2.45) is 16.8 Å². The van der Waals surface area contributed by atoms with Gasteiger partial charge in [-0.2, -0.15) is 0 Å². The van der Waals surface area contributed by atoms with E-state index in [1.807, 2.05) is 7.05 Å². The minimum Gasteiger partial charge on any atom is -0.409 e. The Kier molecular flexibility index (Phi) is 4.02. The molecule has 76 valence electrons. The van der Waals surface area contributed by atoms with Crippen LogP contribution in [0.4, 0.5) is 0 Å². The summed E-state index contributed by atoms with van der Waals surface area (Å²) in [5.74, 6) is 1.11. The molecule has 1 saturated carbocycles. The molecule has 0 atom stereocenters. The van der Waals surface area contributed by atoms with Gasteiger partial charge >= 0.3 is 0 Å². The molecule has 0 saturated heterocycles. The fraction of sp³-hybridized carbons (Fsp3) is 0.889. The Morgan fingerprint density at radius 1 is 1.54 bits per heavy atom. The molecule has 0 aliphatic heterocycles. The molecule has 1 aliphatic carbocycles. The van der Waals surface area contributed by atoms with Crippen LogP contribution in [-0.2, 0) is 0 Å². The van der Waals surface area contributed by atoms with E-state index in [4.69, 9.17) is 10.9 Å². The highest BCUT2D eigenvalue weighted by Gasteiger charge is 2.16. The van der Waals surface area contributed by atoms with E-state index in [0.29, 0.717) is 12.4 Å². The van der Waals surface area contributed by atoms with E-state index in [-0.39, 0.29) is 0 Å². The average Bonchev–Trinajstić information content (AvgIpc) is 2.56. The number of oxime groups is 1. The second kappa shape index (κ2) is 5.07. The summed E-state index contributed by atoms with van der Waals surface area (Å²) in [6, 6.07) is 0. The van der Waals surface area contributed by atoms with Crippen molar-refractivity contribution in [3.05, 3.63) is 0 Å². The van der Waals surface area contributed by atoms with Crippen LogP contribution in [0, 0.1) is 5.92 Å². The average molecular weight is 185 g/mol. The summed E-state index contributed by atoms with van der Waals surface area (Å²) < 4.78 is 0. The lowest BCUT2D eigenvalue weighted by molar-refractivity contribution is 0.292. The van der Waals surface area contributed by atoms with Gasteiger partial charge in [0, 0.05) is 6.54 Å². The van der Waals surface area contributed by atoms with E-state index in [9.17, 15) is 0 Å². The van der Waals surface area contributed by atoms with E-state index < -0.39 is 0 Å². The minimum atomic E-state index is 0.292. The van der Waals surface area contributed by atoms with Crippen molar-refractivity contribution in [1.29, 1.82) is 0 Å². The molecule has 4 heteroatoms. The van der Waals surface area contributed by atoms with Gasteiger partial charge in [0.05, 0.1) is 6.54 Å². The molecule has 0 spiro atoms. The maximum Gasteiger partial charge on any atom is 0.153 e. The van der Waals surface area contributed by atoms with Crippen LogP contribution in [0.2, 0.25) is 0 Å². The van der Waals surface area contributed by atoms with E-state index >= 15 is 0 Å². The molecule has 0 bridgehead atoms. The standard InChI is InChI=1S/C9H19N3O/c1-12(7-9(10)11-13)6-8-4-2-3-5-8/h8,13H,2-7H2,1H3,(H2,10,11). The number of nitrogens with zero attached hydrogens (tertiary/aromatic N) is 2. The second-order valence-electron chi connectivity index (χ2n) is 3.94. The lowest BCUT2D eigenvalue weighted by atomic mass is 10.1. The largest absolute Gasteiger partial charge is 0.409 e. The van der Waals surface area contributed by atoms with Crippen molar-refractivity contribution in [3.63, 3.8) is 0 Å². The van der Waals surface area contributed by atoms with Gasteiger partial charge in [0.15, 0.2) is 5.84 Å². The molecule has 0 aromatic rings.